The predicted octanol–water partition coefficient (Wildman–Crippen LogP) is 9.62. The molecule has 0 spiro atoms. The first kappa shape index (κ1) is 59.6. The van der Waals surface area contributed by atoms with E-state index >= 15 is 0 Å². The fourth-order valence-electron chi connectivity index (χ4n) is 5.45. The molecule has 54 heavy (non-hydrogen) atoms. The molecular formula is C50H70Cl2Hf2. The number of halogens is 2. The monoisotopic (exact) mass is 1100 g/mol. The van der Waals surface area contributed by atoms with Crippen LogP contribution in [0.2, 0.25) is 0 Å². The molecule has 0 N–H and O–H groups in total. The van der Waals surface area contributed by atoms with Crippen molar-refractivity contribution in [2.24, 2.45) is 10.8 Å². The second kappa shape index (κ2) is 28.4. The van der Waals surface area contributed by atoms with E-state index in [1.54, 1.807) is 0 Å². The number of rotatable bonds is 0. The van der Waals surface area contributed by atoms with Crippen LogP contribution in [-0.2, 0) is 62.5 Å². The molecule has 0 saturated carbocycles. The number of benzene rings is 2. The maximum absolute atomic E-state index is 3.16. The van der Waals surface area contributed by atoms with E-state index in [4.69, 9.17) is 0 Å². The first-order valence-corrected chi connectivity index (χ1v) is 18.5. The molecule has 0 aromatic heterocycles. The number of hydrogen-bond acceptors (Lipinski definition) is 0. The normalized spacial score (nSPS) is 12.7. The molecule has 4 aromatic carbocycles. The molecule has 0 aliphatic heterocycles. The average Bonchev–Trinajstić information content (AvgIpc) is 3.84. The third-order valence-corrected chi connectivity index (χ3v) is 8.10. The van der Waals surface area contributed by atoms with Gasteiger partial charge in [0.05, 0.1) is 0 Å². The van der Waals surface area contributed by atoms with E-state index in [9.17, 15) is 0 Å². The van der Waals surface area contributed by atoms with Crippen LogP contribution in [0.25, 0.3) is 21.5 Å². The number of fused-ring (bicyclic) bond motifs is 2. The van der Waals surface area contributed by atoms with E-state index < -0.39 is 0 Å². The van der Waals surface area contributed by atoms with Gasteiger partial charge in [-0.3, -0.25) is 12.2 Å². The molecule has 4 heteroatoms. The van der Waals surface area contributed by atoms with Crippen LogP contribution in [0.5, 0.6) is 0 Å². The summed E-state index contributed by atoms with van der Waals surface area (Å²) in [7, 11) is 0. The van der Waals surface area contributed by atoms with Gasteiger partial charge >= 0.3 is 51.7 Å². The summed E-state index contributed by atoms with van der Waals surface area (Å²) in [6, 6.07) is 26.0. The minimum atomic E-state index is 0. The summed E-state index contributed by atoms with van der Waals surface area (Å²) < 4.78 is 0. The van der Waals surface area contributed by atoms with Gasteiger partial charge in [-0.2, -0.15) is 51.0 Å². The zero-order chi connectivity index (χ0) is 38.2. The molecule has 2 aliphatic carbocycles. The van der Waals surface area contributed by atoms with Crippen LogP contribution in [0.1, 0.15) is 135 Å². The third-order valence-electron chi connectivity index (χ3n) is 8.10. The van der Waals surface area contributed by atoms with E-state index in [1.807, 2.05) is 40.5 Å². The smallest absolute Gasteiger partial charge is 1.00 e. The SMILES string of the molecule is CC(C)(C)C1=CC[C-]=C1.CC(C)(C)C1=CC[C-]=C1.CC(C)(C)c1c[cH-]c2ccccc12.CC(C)(C)c1c[cH-]c2ccccc12.C[CH-]C.C[CH-]C.[Cl-].[Cl-].[Hf+4].[Hf+4]. The van der Waals surface area contributed by atoms with Crippen molar-refractivity contribution in [1.29, 1.82) is 0 Å². The molecule has 0 radical (unpaired) electrons. The van der Waals surface area contributed by atoms with Crippen LogP contribution < -0.4 is 24.8 Å². The van der Waals surface area contributed by atoms with E-state index in [0.29, 0.717) is 10.8 Å². The largest absolute Gasteiger partial charge is 4.00 e. The van der Waals surface area contributed by atoms with Gasteiger partial charge in [-0.05, 0) is 0 Å². The van der Waals surface area contributed by atoms with Gasteiger partial charge in [-0.1, -0.05) is 117 Å². The Morgan fingerprint density at radius 2 is 0.759 bits per heavy atom. The van der Waals surface area contributed by atoms with Crippen molar-refractivity contribution in [2.45, 2.75) is 134 Å². The van der Waals surface area contributed by atoms with Gasteiger partial charge in [0.2, 0.25) is 0 Å². The first-order chi connectivity index (χ1) is 23.2. The molecule has 0 bridgehead atoms. The molecule has 0 fully saturated rings. The molecule has 292 valence electrons. The molecule has 0 unspecified atom stereocenters. The summed E-state index contributed by atoms with van der Waals surface area (Å²) in [5, 5.41) is 5.50. The Kier molecular flexibility index (Phi) is 31.3. The number of hydrogen-bond donors (Lipinski definition) is 0. The Balaban J connectivity index is -0.000000290. The standard InChI is InChI=1S/2C13H15.2C9H13.2C3H7.2ClH.2Hf/c2*1-13(2,3)12-9-8-10-6-4-5-7-11(10)12;2*1-9(2,3)8-6-4-5-7-8;2*1-3-2;;;;/h2*4-9H,1-3H3;2*6-7H,4H2,1-3H3;2*3H,1-2H3;2*1H;;/q6*-1;;;2*+4/p-2. The second-order valence-electron chi connectivity index (χ2n) is 17.2. The van der Waals surface area contributed by atoms with Gasteiger partial charge in [0.25, 0.3) is 0 Å². The van der Waals surface area contributed by atoms with E-state index in [2.05, 4.69) is 192 Å². The van der Waals surface area contributed by atoms with Gasteiger partial charge in [0, 0.05) is 0 Å². The van der Waals surface area contributed by atoms with Crippen molar-refractivity contribution in [3.8, 4) is 0 Å². The second-order valence-corrected chi connectivity index (χ2v) is 17.2. The quantitative estimate of drug-likeness (QED) is 0.122. The summed E-state index contributed by atoms with van der Waals surface area (Å²) in [6.07, 6.45) is 21.0. The minimum Gasteiger partial charge on any atom is -1.00 e. The van der Waals surface area contributed by atoms with Crippen molar-refractivity contribution < 1.29 is 76.5 Å². The fourth-order valence-corrected chi connectivity index (χ4v) is 5.45. The maximum atomic E-state index is 3.16. The molecule has 0 nitrogen and oxygen atoms in total. The predicted molar refractivity (Wildman–Crippen MR) is 228 cm³/mol. The molecule has 0 heterocycles. The van der Waals surface area contributed by atoms with Crippen LogP contribution in [0.4, 0.5) is 0 Å². The fraction of sp³-hybridized carbons (Fsp3) is 0.440. The summed E-state index contributed by atoms with van der Waals surface area (Å²) >= 11 is 0. The third kappa shape index (κ3) is 21.5. The van der Waals surface area contributed by atoms with Crippen LogP contribution in [0, 0.1) is 35.8 Å². The van der Waals surface area contributed by atoms with Gasteiger partial charge < -0.3 is 37.7 Å². The zero-order valence-electron chi connectivity index (χ0n) is 36.6. The molecule has 0 saturated heterocycles. The Labute approximate surface area is 384 Å². The Morgan fingerprint density at radius 3 is 0.963 bits per heavy atom. The Hall–Kier alpha value is -1.06. The van der Waals surface area contributed by atoms with Crippen molar-refractivity contribution >= 4 is 21.5 Å². The average molecular weight is 1100 g/mol. The van der Waals surface area contributed by atoms with E-state index in [1.165, 1.54) is 43.8 Å². The van der Waals surface area contributed by atoms with Gasteiger partial charge in [0.1, 0.15) is 0 Å². The molecule has 0 atom stereocenters. The Bertz CT molecular complexity index is 1540. The van der Waals surface area contributed by atoms with Gasteiger partial charge in [0.15, 0.2) is 0 Å². The summed E-state index contributed by atoms with van der Waals surface area (Å²) in [4.78, 5) is 0. The van der Waals surface area contributed by atoms with Crippen molar-refractivity contribution in [2.75, 3.05) is 0 Å². The molecule has 0 amide bonds. The van der Waals surface area contributed by atoms with Crippen LogP contribution in [0.15, 0.2) is 108 Å². The van der Waals surface area contributed by atoms with Gasteiger partial charge in [-0.25, -0.2) is 12.2 Å². The Morgan fingerprint density at radius 1 is 0.481 bits per heavy atom. The van der Waals surface area contributed by atoms with Crippen LogP contribution in [-0.4, -0.2) is 0 Å². The van der Waals surface area contributed by atoms with Crippen molar-refractivity contribution in [3.63, 3.8) is 0 Å². The molecular weight excluding hydrogens is 1030 g/mol. The summed E-state index contributed by atoms with van der Waals surface area (Å²) in [5.41, 5.74) is 6.88. The summed E-state index contributed by atoms with van der Waals surface area (Å²) in [5.74, 6) is 0. The minimum absolute atomic E-state index is 0. The van der Waals surface area contributed by atoms with Crippen molar-refractivity contribution in [1.82, 2.24) is 0 Å². The zero-order valence-corrected chi connectivity index (χ0v) is 45.3. The van der Waals surface area contributed by atoms with E-state index in [0.717, 1.165) is 12.8 Å². The summed E-state index contributed by atoms with van der Waals surface area (Å²) in [6.45, 7) is 34.9. The van der Waals surface area contributed by atoms with Crippen LogP contribution in [0.3, 0.4) is 0 Å². The molecule has 4 aromatic rings. The first-order valence-electron chi connectivity index (χ1n) is 18.5. The van der Waals surface area contributed by atoms with Crippen LogP contribution >= 0.6 is 0 Å². The van der Waals surface area contributed by atoms with E-state index in [-0.39, 0.29) is 87.3 Å². The topological polar surface area (TPSA) is 0 Å². The molecule has 2 aliphatic rings. The molecule has 6 rings (SSSR count). The van der Waals surface area contributed by atoms with Crippen molar-refractivity contribution in [3.05, 3.63) is 144 Å². The van der Waals surface area contributed by atoms with Gasteiger partial charge in [-0.15, -0.1) is 106 Å². The maximum Gasteiger partial charge on any atom is 4.00 e. The number of allylic oxidation sites excluding steroid dienone is 8.